The van der Waals surface area contributed by atoms with Gasteiger partial charge in [-0.1, -0.05) is 30.3 Å². The van der Waals surface area contributed by atoms with Crippen molar-refractivity contribution in [2.75, 3.05) is 26.2 Å². The van der Waals surface area contributed by atoms with Gasteiger partial charge < -0.3 is 14.7 Å². The van der Waals surface area contributed by atoms with E-state index < -0.39 is 5.60 Å². The Bertz CT molecular complexity index is 1090. The van der Waals surface area contributed by atoms with Gasteiger partial charge in [-0.3, -0.25) is 14.7 Å². The smallest absolute Gasteiger partial charge is 0.237 e. The summed E-state index contributed by atoms with van der Waals surface area (Å²) in [6.45, 7) is 2.96. The zero-order valence-corrected chi connectivity index (χ0v) is 17.3. The highest BCUT2D eigenvalue weighted by Gasteiger charge is 2.35. The SMILES string of the molecule is O=C1CN2CCN1Cc1cccc(c1)Oc1cccc(c1)C(O)(c1ccccn1)CC2. The molecule has 2 atom stereocenters. The third-order valence-corrected chi connectivity index (χ3v) is 6.10. The fourth-order valence-corrected chi connectivity index (χ4v) is 4.34. The summed E-state index contributed by atoms with van der Waals surface area (Å²) in [5, 5.41) is 11.9. The molecule has 3 aliphatic rings. The van der Waals surface area contributed by atoms with Crippen molar-refractivity contribution in [2.45, 2.75) is 18.6 Å². The molecule has 1 saturated heterocycles. The monoisotopic (exact) mass is 415 g/mol. The molecule has 0 spiro atoms. The Kier molecular flexibility index (Phi) is 5.18. The lowest BCUT2D eigenvalue weighted by molar-refractivity contribution is -0.137. The number of carbonyl (C=O) groups excluding carboxylic acids is 1. The molecule has 0 radical (unpaired) electrons. The highest BCUT2D eigenvalue weighted by atomic mass is 16.5. The Balaban J connectivity index is 1.59. The number of nitrogens with zero attached hydrogens (tertiary/aromatic N) is 3. The summed E-state index contributed by atoms with van der Waals surface area (Å²) in [6, 6.07) is 20.9. The maximum atomic E-state index is 12.8. The van der Waals surface area contributed by atoms with Crippen LogP contribution in [0, 0.1) is 0 Å². The first kappa shape index (κ1) is 19.7. The maximum Gasteiger partial charge on any atom is 0.237 e. The molecule has 4 heterocycles. The van der Waals surface area contributed by atoms with Crippen LogP contribution in [-0.2, 0) is 16.9 Å². The fourth-order valence-electron chi connectivity index (χ4n) is 4.34. The van der Waals surface area contributed by atoms with Gasteiger partial charge in [0.15, 0.2) is 0 Å². The second kappa shape index (κ2) is 8.13. The molecule has 3 aliphatic heterocycles. The topological polar surface area (TPSA) is 65.9 Å². The van der Waals surface area contributed by atoms with E-state index >= 15 is 0 Å². The lowest BCUT2D eigenvalue weighted by Crippen LogP contribution is -2.50. The van der Waals surface area contributed by atoms with Gasteiger partial charge in [-0.15, -0.1) is 0 Å². The number of pyridine rings is 1. The van der Waals surface area contributed by atoms with Crippen LogP contribution < -0.4 is 4.74 Å². The molecule has 0 aliphatic carbocycles. The molecule has 6 heteroatoms. The first-order chi connectivity index (χ1) is 15.1. The Morgan fingerprint density at radius 1 is 0.903 bits per heavy atom. The molecule has 31 heavy (non-hydrogen) atoms. The van der Waals surface area contributed by atoms with Crippen LogP contribution in [0.25, 0.3) is 0 Å². The van der Waals surface area contributed by atoms with Crippen molar-refractivity contribution < 1.29 is 14.6 Å². The summed E-state index contributed by atoms with van der Waals surface area (Å²) in [5.41, 5.74) is 1.06. The van der Waals surface area contributed by atoms with E-state index in [0.717, 1.165) is 17.7 Å². The lowest BCUT2D eigenvalue weighted by Gasteiger charge is -2.36. The van der Waals surface area contributed by atoms with Crippen LogP contribution in [0.5, 0.6) is 11.5 Å². The second-order valence-corrected chi connectivity index (χ2v) is 8.19. The lowest BCUT2D eigenvalue weighted by atomic mass is 9.86. The van der Waals surface area contributed by atoms with Gasteiger partial charge in [0.2, 0.25) is 5.91 Å². The maximum absolute atomic E-state index is 12.8. The van der Waals surface area contributed by atoms with Crippen LogP contribution in [0.15, 0.2) is 72.9 Å². The van der Waals surface area contributed by atoms with Gasteiger partial charge in [0, 0.05) is 32.4 Å². The number of aromatic nitrogens is 1. The average molecular weight is 415 g/mol. The molecule has 6 nitrogen and oxygen atoms in total. The molecule has 6 bridgehead atoms. The minimum Gasteiger partial charge on any atom is -0.457 e. The number of benzene rings is 2. The van der Waals surface area contributed by atoms with Crippen LogP contribution in [0.4, 0.5) is 0 Å². The number of rotatable bonds is 1. The number of hydrogen-bond acceptors (Lipinski definition) is 5. The van der Waals surface area contributed by atoms with E-state index in [2.05, 4.69) is 9.88 Å². The zero-order valence-electron chi connectivity index (χ0n) is 17.3. The Morgan fingerprint density at radius 2 is 1.74 bits per heavy atom. The normalized spacial score (nSPS) is 23.6. The molecule has 2 aromatic carbocycles. The van der Waals surface area contributed by atoms with Crippen molar-refractivity contribution >= 4 is 5.91 Å². The summed E-state index contributed by atoms with van der Waals surface area (Å²) in [7, 11) is 0. The van der Waals surface area contributed by atoms with Crippen LogP contribution in [0.3, 0.4) is 0 Å². The molecule has 1 fully saturated rings. The van der Waals surface area contributed by atoms with E-state index in [0.29, 0.717) is 49.8 Å². The molecule has 1 aromatic heterocycles. The molecule has 1 N–H and O–H groups in total. The molecule has 0 saturated carbocycles. The predicted octanol–water partition coefficient (Wildman–Crippen LogP) is 3.16. The summed E-state index contributed by atoms with van der Waals surface area (Å²) in [4.78, 5) is 21.2. The van der Waals surface area contributed by atoms with Crippen LogP contribution >= 0.6 is 0 Å². The third kappa shape index (κ3) is 4.04. The molecule has 6 rings (SSSR count). The standard InChI is InChI=1S/C25H25N3O3/c29-24-18-27-12-10-25(30,23-9-1-2-11-26-23)20-6-4-8-22(16-20)31-21-7-3-5-19(15-21)17-28(24)14-13-27/h1-9,11,15-16,30H,10,12-14,17-18H2. The van der Waals surface area contributed by atoms with E-state index in [1.807, 2.05) is 71.6 Å². The van der Waals surface area contributed by atoms with Crippen molar-refractivity contribution in [3.8, 4) is 11.5 Å². The van der Waals surface area contributed by atoms with E-state index in [-0.39, 0.29) is 5.91 Å². The van der Waals surface area contributed by atoms with Crippen molar-refractivity contribution in [1.29, 1.82) is 0 Å². The number of piperazine rings is 1. The van der Waals surface area contributed by atoms with Crippen molar-refractivity contribution in [3.63, 3.8) is 0 Å². The van der Waals surface area contributed by atoms with E-state index in [9.17, 15) is 9.90 Å². The second-order valence-electron chi connectivity index (χ2n) is 8.19. The molecule has 3 aromatic rings. The fraction of sp³-hybridized carbons (Fsp3) is 0.280. The minimum absolute atomic E-state index is 0.106. The van der Waals surface area contributed by atoms with Crippen molar-refractivity contribution in [3.05, 3.63) is 89.7 Å². The van der Waals surface area contributed by atoms with Crippen LogP contribution in [-0.4, -0.2) is 52.0 Å². The molecule has 1 amide bonds. The summed E-state index contributed by atoms with van der Waals surface area (Å²) in [6.07, 6.45) is 2.12. The van der Waals surface area contributed by atoms with Crippen molar-refractivity contribution in [1.82, 2.24) is 14.8 Å². The Labute approximate surface area is 181 Å². The first-order valence-corrected chi connectivity index (χ1v) is 10.6. The largest absolute Gasteiger partial charge is 0.457 e. The number of fused-ring (bicyclic) bond motifs is 4. The molecular formula is C25H25N3O3. The summed E-state index contributed by atoms with van der Waals surface area (Å²) in [5.74, 6) is 1.46. The highest BCUT2D eigenvalue weighted by molar-refractivity contribution is 5.79. The van der Waals surface area contributed by atoms with Gasteiger partial charge in [0.1, 0.15) is 17.1 Å². The third-order valence-electron chi connectivity index (χ3n) is 6.10. The number of hydrogen-bond donors (Lipinski definition) is 1. The van der Waals surface area contributed by atoms with Gasteiger partial charge in [0.25, 0.3) is 0 Å². The quantitative estimate of drug-likeness (QED) is 0.661. The zero-order chi connectivity index (χ0) is 21.3. The number of carbonyl (C=O) groups is 1. The Hall–Kier alpha value is -3.22. The van der Waals surface area contributed by atoms with Gasteiger partial charge in [-0.2, -0.15) is 0 Å². The summed E-state index contributed by atoms with van der Waals surface area (Å²) >= 11 is 0. The first-order valence-electron chi connectivity index (χ1n) is 10.6. The van der Waals surface area contributed by atoms with Crippen LogP contribution in [0.2, 0.25) is 0 Å². The average Bonchev–Trinajstić information content (AvgIpc) is 2.80. The minimum atomic E-state index is -1.29. The molecule has 158 valence electrons. The predicted molar refractivity (Wildman–Crippen MR) is 117 cm³/mol. The van der Waals surface area contributed by atoms with E-state index in [1.54, 1.807) is 6.20 Å². The molecular weight excluding hydrogens is 390 g/mol. The van der Waals surface area contributed by atoms with E-state index in [4.69, 9.17) is 4.74 Å². The van der Waals surface area contributed by atoms with Crippen molar-refractivity contribution in [2.24, 2.45) is 0 Å². The van der Waals surface area contributed by atoms with Gasteiger partial charge in [0.05, 0.1) is 12.2 Å². The molecule has 2 unspecified atom stereocenters. The van der Waals surface area contributed by atoms with Gasteiger partial charge in [-0.05, 0) is 53.9 Å². The number of amides is 1. The van der Waals surface area contributed by atoms with Gasteiger partial charge >= 0.3 is 0 Å². The number of ether oxygens (including phenoxy) is 1. The van der Waals surface area contributed by atoms with E-state index in [1.165, 1.54) is 0 Å². The highest BCUT2D eigenvalue weighted by Crippen LogP contribution is 2.35. The van der Waals surface area contributed by atoms with Gasteiger partial charge in [-0.25, -0.2) is 0 Å². The Morgan fingerprint density at radius 3 is 2.55 bits per heavy atom. The number of aliphatic hydroxyl groups is 1. The summed E-state index contributed by atoms with van der Waals surface area (Å²) < 4.78 is 6.13. The van der Waals surface area contributed by atoms with Crippen LogP contribution in [0.1, 0.15) is 23.2 Å².